The van der Waals surface area contributed by atoms with Crippen molar-refractivity contribution < 1.29 is 4.79 Å². The highest BCUT2D eigenvalue weighted by atomic mass is 16.1. The molecule has 1 heterocycles. The second-order valence-corrected chi connectivity index (χ2v) is 8.89. The Bertz CT molecular complexity index is 942. The maximum Gasteiger partial charge on any atom is 0.227 e. The van der Waals surface area contributed by atoms with Gasteiger partial charge in [0.05, 0.1) is 12.2 Å². The molecule has 32 heavy (non-hydrogen) atoms. The van der Waals surface area contributed by atoms with Crippen LogP contribution in [0.2, 0.25) is 0 Å². The average molecular weight is 439 g/mol. The lowest BCUT2D eigenvalue weighted by atomic mass is 10.1. The first-order chi connectivity index (χ1) is 15.4. The lowest BCUT2D eigenvalue weighted by Crippen LogP contribution is -2.43. The molecule has 1 saturated carbocycles. The Morgan fingerprint density at radius 1 is 1.28 bits per heavy atom. The van der Waals surface area contributed by atoms with Crippen molar-refractivity contribution >= 4 is 17.6 Å². The van der Waals surface area contributed by atoms with Gasteiger partial charge in [0.15, 0.2) is 5.96 Å². The second-order valence-electron chi connectivity index (χ2n) is 8.89. The Kier molecular flexibility index (Phi) is 8.31. The molecule has 0 bridgehead atoms. The summed E-state index contributed by atoms with van der Waals surface area (Å²) in [5, 5.41) is 14.5. The van der Waals surface area contributed by atoms with E-state index in [2.05, 4.69) is 48.7 Å². The summed E-state index contributed by atoms with van der Waals surface area (Å²) in [4.78, 5) is 17.2. The summed E-state index contributed by atoms with van der Waals surface area (Å²) in [6.07, 6.45) is 5.21. The molecule has 0 saturated heterocycles. The molecule has 1 aliphatic carbocycles. The normalized spacial score (nSPS) is 15.6. The number of amides is 1. The van der Waals surface area contributed by atoms with E-state index in [9.17, 15) is 4.79 Å². The minimum Gasteiger partial charge on any atom is -0.357 e. The van der Waals surface area contributed by atoms with E-state index >= 15 is 0 Å². The Labute approximate surface area is 192 Å². The van der Waals surface area contributed by atoms with Crippen LogP contribution >= 0.6 is 0 Å². The number of carbonyl (C=O) groups excluding carboxylic acids is 1. The first-order valence-corrected chi connectivity index (χ1v) is 11.8. The van der Waals surface area contributed by atoms with E-state index in [1.54, 1.807) is 0 Å². The number of nitrogens with one attached hydrogen (secondary N) is 3. The molecule has 1 atom stereocenters. The van der Waals surface area contributed by atoms with E-state index < -0.39 is 0 Å². The topological polar surface area (TPSA) is 83.3 Å². The zero-order valence-electron chi connectivity index (χ0n) is 20.2. The lowest BCUT2D eigenvalue weighted by molar-refractivity contribution is -0.119. The molecule has 1 aromatic heterocycles. The first-order valence-electron chi connectivity index (χ1n) is 11.8. The van der Waals surface area contributed by atoms with E-state index in [4.69, 9.17) is 4.99 Å². The number of aromatic nitrogens is 2. The van der Waals surface area contributed by atoms with E-state index in [0.717, 1.165) is 61.6 Å². The van der Waals surface area contributed by atoms with Crippen molar-refractivity contribution in [2.75, 3.05) is 11.9 Å². The molecule has 7 nitrogen and oxygen atoms in total. The van der Waals surface area contributed by atoms with E-state index in [1.807, 2.05) is 36.0 Å². The molecule has 0 radical (unpaired) electrons. The van der Waals surface area contributed by atoms with Crippen LogP contribution in [0.1, 0.15) is 62.0 Å². The molecule has 1 aliphatic rings. The summed E-state index contributed by atoms with van der Waals surface area (Å²) in [7, 11) is 1.99. The van der Waals surface area contributed by atoms with Gasteiger partial charge >= 0.3 is 0 Å². The second kappa shape index (κ2) is 11.2. The largest absolute Gasteiger partial charge is 0.357 e. The van der Waals surface area contributed by atoms with Gasteiger partial charge in [0.2, 0.25) is 5.91 Å². The van der Waals surface area contributed by atoms with Crippen LogP contribution in [0.15, 0.2) is 29.3 Å². The van der Waals surface area contributed by atoms with Crippen LogP contribution in [0.4, 0.5) is 5.69 Å². The molecule has 1 amide bonds. The highest BCUT2D eigenvalue weighted by molar-refractivity contribution is 5.92. The fourth-order valence-electron chi connectivity index (χ4n) is 4.37. The SMILES string of the molecule is CCNC(=NCc1cccc(NC(=O)C2CCCC2)c1)NC(C)Cc1c(C)nn(C)c1C. The maximum atomic E-state index is 12.4. The molecular formula is C25H38N6O. The Morgan fingerprint density at radius 2 is 2.03 bits per heavy atom. The van der Waals surface area contributed by atoms with Crippen LogP contribution < -0.4 is 16.0 Å². The van der Waals surface area contributed by atoms with Gasteiger partial charge in [0, 0.05) is 36.9 Å². The zero-order valence-corrected chi connectivity index (χ0v) is 20.2. The Morgan fingerprint density at radius 3 is 2.69 bits per heavy atom. The number of aliphatic imine (C=N–C) groups is 1. The maximum absolute atomic E-state index is 12.4. The molecule has 1 aromatic carbocycles. The summed E-state index contributed by atoms with van der Waals surface area (Å²) < 4.78 is 1.94. The summed E-state index contributed by atoms with van der Waals surface area (Å²) in [6.45, 7) is 9.74. The van der Waals surface area contributed by atoms with Crippen LogP contribution in [0.25, 0.3) is 0 Å². The number of hydrogen-bond donors (Lipinski definition) is 3. The molecule has 0 aliphatic heterocycles. The van der Waals surface area contributed by atoms with Crippen molar-refractivity contribution in [3.8, 4) is 0 Å². The highest BCUT2D eigenvalue weighted by Crippen LogP contribution is 2.26. The Hall–Kier alpha value is -2.83. The minimum atomic E-state index is 0.146. The number of rotatable bonds is 8. The molecular weight excluding hydrogens is 400 g/mol. The number of aryl methyl sites for hydroxylation is 2. The molecule has 3 N–H and O–H groups in total. The van der Waals surface area contributed by atoms with Gasteiger partial charge < -0.3 is 16.0 Å². The fraction of sp³-hybridized carbons (Fsp3) is 0.560. The van der Waals surface area contributed by atoms with Crippen LogP contribution in [0.3, 0.4) is 0 Å². The third kappa shape index (κ3) is 6.34. The van der Waals surface area contributed by atoms with Gasteiger partial charge in [-0.25, -0.2) is 4.99 Å². The Balaban J connectivity index is 1.61. The molecule has 7 heteroatoms. The summed E-state index contributed by atoms with van der Waals surface area (Å²) in [6, 6.07) is 8.21. The van der Waals surface area contributed by atoms with E-state index in [1.165, 1.54) is 11.3 Å². The number of carbonyl (C=O) groups is 1. The van der Waals surface area contributed by atoms with E-state index in [0.29, 0.717) is 6.54 Å². The van der Waals surface area contributed by atoms with Gasteiger partial charge in [-0.1, -0.05) is 25.0 Å². The third-order valence-corrected chi connectivity index (χ3v) is 6.24. The molecule has 174 valence electrons. The number of guanidine groups is 1. The van der Waals surface area contributed by atoms with Crippen molar-refractivity contribution in [1.29, 1.82) is 0 Å². The van der Waals surface area contributed by atoms with Crippen molar-refractivity contribution in [2.24, 2.45) is 18.0 Å². The minimum absolute atomic E-state index is 0.146. The number of anilines is 1. The number of benzene rings is 1. The van der Waals surface area contributed by atoms with Gasteiger partial charge in [-0.2, -0.15) is 5.10 Å². The number of nitrogens with zero attached hydrogens (tertiary/aromatic N) is 3. The van der Waals surface area contributed by atoms with Crippen molar-refractivity contribution in [2.45, 2.75) is 72.4 Å². The van der Waals surface area contributed by atoms with Crippen molar-refractivity contribution in [1.82, 2.24) is 20.4 Å². The number of hydrogen-bond acceptors (Lipinski definition) is 3. The summed E-state index contributed by atoms with van der Waals surface area (Å²) >= 11 is 0. The smallest absolute Gasteiger partial charge is 0.227 e. The van der Waals surface area contributed by atoms with Gasteiger partial charge in [0.1, 0.15) is 0 Å². The monoisotopic (exact) mass is 438 g/mol. The van der Waals surface area contributed by atoms with Crippen LogP contribution in [0.5, 0.6) is 0 Å². The molecule has 2 aromatic rings. The van der Waals surface area contributed by atoms with Gasteiger partial charge in [-0.05, 0) is 70.2 Å². The van der Waals surface area contributed by atoms with Gasteiger partial charge in [0.25, 0.3) is 0 Å². The highest BCUT2D eigenvalue weighted by Gasteiger charge is 2.22. The van der Waals surface area contributed by atoms with Crippen molar-refractivity contribution in [3.05, 3.63) is 46.8 Å². The standard InChI is InChI=1S/C25H38N6O/c1-6-26-25(28-17(2)14-23-18(3)30-31(5)19(23)4)27-16-20-10-9-13-22(15-20)29-24(32)21-11-7-8-12-21/h9-10,13,15,17,21H,6-8,11-12,14,16H2,1-5H3,(H,29,32)(H2,26,27,28). The quantitative estimate of drug-likeness (QED) is 0.432. The predicted octanol–water partition coefficient (Wildman–Crippen LogP) is 3.85. The molecule has 1 fully saturated rings. The molecule has 0 spiro atoms. The predicted molar refractivity (Wildman–Crippen MR) is 131 cm³/mol. The average Bonchev–Trinajstić information content (AvgIpc) is 3.38. The first kappa shape index (κ1) is 23.8. The van der Waals surface area contributed by atoms with Crippen LogP contribution in [-0.4, -0.2) is 34.2 Å². The van der Waals surface area contributed by atoms with Crippen LogP contribution in [-0.2, 0) is 24.8 Å². The summed E-state index contributed by atoms with van der Waals surface area (Å²) in [5.74, 6) is 1.10. The summed E-state index contributed by atoms with van der Waals surface area (Å²) in [5.41, 5.74) is 5.49. The fourth-order valence-corrected chi connectivity index (χ4v) is 4.37. The zero-order chi connectivity index (χ0) is 23.1. The van der Waals surface area contributed by atoms with E-state index in [-0.39, 0.29) is 17.9 Å². The van der Waals surface area contributed by atoms with Gasteiger partial charge in [-0.3, -0.25) is 9.48 Å². The van der Waals surface area contributed by atoms with Gasteiger partial charge in [-0.15, -0.1) is 0 Å². The third-order valence-electron chi connectivity index (χ3n) is 6.24. The van der Waals surface area contributed by atoms with Crippen LogP contribution in [0, 0.1) is 19.8 Å². The lowest BCUT2D eigenvalue weighted by Gasteiger charge is -2.18. The van der Waals surface area contributed by atoms with Crippen molar-refractivity contribution in [3.63, 3.8) is 0 Å². The molecule has 1 unspecified atom stereocenters. The molecule has 3 rings (SSSR count).